The van der Waals surface area contributed by atoms with Gasteiger partial charge in [-0.1, -0.05) is 121 Å². The SMILES string of the molecule is CN(C(=O)OCc1ccccc1)[C@@H]1[C@@H](O)[C@@H](O[C@@H]2[C@@H](O)[C@H](O)[C@@H](NC(=O)OCc3ccccc3)C[C@H]2NC(=O)[C@H](CNC(=O)OCc2ccccc2)OCc2ccccc2)OC[C@]1(C)O. The largest absolute Gasteiger partial charge is 0.445 e. The highest BCUT2D eigenvalue weighted by molar-refractivity contribution is 5.82. The molecule has 1 saturated heterocycles. The zero-order valence-electron chi connectivity index (χ0n) is 36.0. The van der Waals surface area contributed by atoms with Crippen molar-refractivity contribution in [1.29, 1.82) is 0 Å². The van der Waals surface area contributed by atoms with E-state index in [9.17, 15) is 39.6 Å². The lowest BCUT2D eigenvalue weighted by Crippen LogP contribution is -2.70. The van der Waals surface area contributed by atoms with Gasteiger partial charge in [0.25, 0.3) is 5.91 Å². The average molecular weight is 901 g/mol. The first kappa shape index (κ1) is 48.3. The standard InChI is InChI=1S/C47H56N4O14/c1-47(59)29-64-43(39(54)41(47)51(2)46(58)63-28-33-21-13-6-14-22-33)65-40-35(23-34(37(52)38(40)53)50-45(57)62-27-32-19-11-5-12-20-32)49-42(55)36(60-25-30-15-7-3-8-16-30)24-48-44(56)61-26-31-17-9-4-10-18-31/h3-22,34-41,43,52-54,59H,23-29H2,1-2H3,(H,48,56)(H,49,55)(H,50,57)/t34-,35+,36-,37+,38-,39+,40-,41+,43+,47-/m0/s1. The average Bonchev–Trinajstić information content (AvgIpc) is 3.31. The number of carbonyl (C=O) groups excluding carboxylic acids is 4. The molecule has 2 fully saturated rings. The number of rotatable bonds is 17. The normalized spacial score (nSPS) is 25.6. The first-order valence-corrected chi connectivity index (χ1v) is 21.1. The minimum Gasteiger partial charge on any atom is -0.445 e. The maximum Gasteiger partial charge on any atom is 0.410 e. The Hall–Kier alpha value is -6.12. The van der Waals surface area contributed by atoms with Gasteiger partial charge < -0.3 is 69.7 Å². The first-order valence-electron chi connectivity index (χ1n) is 21.1. The lowest BCUT2D eigenvalue weighted by atomic mass is 9.83. The highest BCUT2D eigenvalue weighted by atomic mass is 16.7. The van der Waals surface area contributed by atoms with Gasteiger partial charge in [0.2, 0.25) is 0 Å². The molecule has 18 heteroatoms. The van der Waals surface area contributed by atoms with Gasteiger partial charge in [0, 0.05) is 7.05 Å². The molecule has 18 nitrogen and oxygen atoms in total. The third kappa shape index (κ3) is 13.7. The van der Waals surface area contributed by atoms with Crippen LogP contribution < -0.4 is 16.0 Å². The number of carbonyl (C=O) groups is 4. The third-order valence-corrected chi connectivity index (χ3v) is 11.1. The quantitative estimate of drug-likeness (QED) is 0.0755. The van der Waals surface area contributed by atoms with Gasteiger partial charge >= 0.3 is 18.3 Å². The van der Waals surface area contributed by atoms with Crippen molar-refractivity contribution in [3.05, 3.63) is 144 Å². The van der Waals surface area contributed by atoms with Crippen molar-refractivity contribution >= 4 is 24.2 Å². The van der Waals surface area contributed by atoms with Crippen LogP contribution in [0.1, 0.15) is 35.6 Å². The molecule has 4 aromatic carbocycles. The summed E-state index contributed by atoms with van der Waals surface area (Å²) < 4.78 is 34.2. The minimum absolute atomic E-state index is 0.0338. The lowest BCUT2D eigenvalue weighted by molar-refractivity contribution is -0.305. The number of ether oxygens (including phenoxy) is 6. The molecular weight excluding hydrogens is 845 g/mol. The predicted molar refractivity (Wildman–Crippen MR) is 231 cm³/mol. The van der Waals surface area contributed by atoms with Crippen LogP contribution in [0.25, 0.3) is 0 Å². The molecule has 0 unspecified atom stereocenters. The summed E-state index contributed by atoms with van der Waals surface area (Å²) in [6.45, 7) is 0.264. The van der Waals surface area contributed by atoms with Crippen molar-refractivity contribution in [1.82, 2.24) is 20.9 Å². The third-order valence-electron chi connectivity index (χ3n) is 11.1. The van der Waals surface area contributed by atoms with Gasteiger partial charge in [-0.2, -0.15) is 0 Å². The zero-order valence-corrected chi connectivity index (χ0v) is 36.0. The molecule has 2 aliphatic rings. The number of hydrogen-bond donors (Lipinski definition) is 7. The van der Waals surface area contributed by atoms with Crippen molar-refractivity contribution in [2.75, 3.05) is 20.2 Å². The minimum atomic E-state index is -1.85. The number of hydrogen-bond acceptors (Lipinski definition) is 14. The molecule has 0 spiro atoms. The fraction of sp³-hybridized carbons (Fsp3) is 0.404. The molecule has 7 N–H and O–H groups in total. The van der Waals surface area contributed by atoms with Crippen LogP contribution in [0, 0.1) is 0 Å². The van der Waals surface area contributed by atoms with Gasteiger partial charge in [0.05, 0.1) is 37.9 Å². The molecule has 6 rings (SSSR count). The van der Waals surface area contributed by atoms with Crippen LogP contribution in [0.3, 0.4) is 0 Å². The second-order valence-corrected chi connectivity index (χ2v) is 16.1. The summed E-state index contributed by atoms with van der Waals surface area (Å²) in [5.74, 6) is -0.788. The summed E-state index contributed by atoms with van der Waals surface area (Å²) >= 11 is 0. The van der Waals surface area contributed by atoms with Crippen molar-refractivity contribution in [3.63, 3.8) is 0 Å². The Balaban J connectivity index is 1.20. The summed E-state index contributed by atoms with van der Waals surface area (Å²) in [5, 5.41) is 54.1. The van der Waals surface area contributed by atoms with Crippen LogP contribution in [0.4, 0.5) is 14.4 Å². The van der Waals surface area contributed by atoms with E-state index in [1.807, 2.05) is 18.2 Å². The van der Waals surface area contributed by atoms with Crippen molar-refractivity contribution in [3.8, 4) is 0 Å². The second-order valence-electron chi connectivity index (χ2n) is 16.1. The number of benzene rings is 4. The Morgan fingerprint density at radius 1 is 0.677 bits per heavy atom. The number of nitrogens with zero attached hydrogens (tertiary/aromatic N) is 1. The van der Waals surface area contributed by atoms with Gasteiger partial charge in [-0.3, -0.25) is 4.79 Å². The molecule has 4 aromatic rings. The van der Waals surface area contributed by atoms with Crippen LogP contribution in [-0.4, -0.2) is 130 Å². The maximum atomic E-state index is 14.3. The number of alkyl carbamates (subject to hydrolysis) is 2. The number of aliphatic hydroxyl groups excluding tert-OH is 3. The molecule has 65 heavy (non-hydrogen) atoms. The second kappa shape index (κ2) is 23.2. The van der Waals surface area contributed by atoms with Gasteiger partial charge in [-0.25, -0.2) is 14.4 Å². The molecule has 0 aromatic heterocycles. The zero-order chi connectivity index (χ0) is 46.3. The van der Waals surface area contributed by atoms with Crippen molar-refractivity contribution in [2.45, 2.75) is 100 Å². The van der Waals surface area contributed by atoms with Crippen molar-refractivity contribution in [2.24, 2.45) is 0 Å². The van der Waals surface area contributed by atoms with Crippen molar-refractivity contribution < 1.29 is 68.0 Å². The number of likely N-dealkylation sites (N-methyl/N-ethyl adjacent to an activating group) is 1. The van der Waals surface area contributed by atoms with Crippen LogP contribution in [0.15, 0.2) is 121 Å². The van der Waals surface area contributed by atoms with E-state index in [2.05, 4.69) is 16.0 Å². The van der Waals surface area contributed by atoms with E-state index in [0.717, 1.165) is 16.0 Å². The molecule has 1 aliphatic heterocycles. The highest BCUT2D eigenvalue weighted by Gasteiger charge is 2.54. The fourth-order valence-corrected chi connectivity index (χ4v) is 7.63. The van der Waals surface area contributed by atoms with E-state index in [4.69, 9.17) is 28.4 Å². The van der Waals surface area contributed by atoms with Crippen LogP contribution in [-0.2, 0) is 59.6 Å². The van der Waals surface area contributed by atoms with Gasteiger partial charge in [0.1, 0.15) is 49.8 Å². The number of aliphatic hydroxyl groups is 4. The van der Waals surface area contributed by atoms with E-state index >= 15 is 0 Å². The Kier molecular flexibility index (Phi) is 17.2. The fourth-order valence-electron chi connectivity index (χ4n) is 7.63. The predicted octanol–water partition coefficient (Wildman–Crippen LogP) is 2.89. The molecule has 1 saturated carbocycles. The monoisotopic (exact) mass is 900 g/mol. The van der Waals surface area contributed by atoms with Crippen LogP contribution in [0.5, 0.6) is 0 Å². The molecule has 0 radical (unpaired) electrons. The number of amides is 4. The number of nitrogens with one attached hydrogen (secondary N) is 3. The molecular formula is C47H56N4O14. The molecule has 1 heterocycles. The molecule has 4 amide bonds. The van der Waals surface area contributed by atoms with E-state index in [1.54, 1.807) is 103 Å². The van der Waals surface area contributed by atoms with Gasteiger partial charge in [0.15, 0.2) is 12.4 Å². The smallest absolute Gasteiger partial charge is 0.410 e. The first-order chi connectivity index (χ1) is 31.3. The van der Waals surface area contributed by atoms with Gasteiger partial charge in [-0.05, 0) is 35.6 Å². The van der Waals surface area contributed by atoms with E-state index in [1.165, 1.54) is 14.0 Å². The maximum absolute atomic E-state index is 14.3. The summed E-state index contributed by atoms with van der Waals surface area (Å²) in [4.78, 5) is 54.4. The Labute approximate surface area is 376 Å². The summed E-state index contributed by atoms with van der Waals surface area (Å²) in [7, 11) is 1.33. The molecule has 10 atom stereocenters. The molecule has 0 bridgehead atoms. The summed E-state index contributed by atoms with van der Waals surface area (Å²) in [6, 6.07) is 31.9. The lowest BCUT2D eigenvalue weighted by Gasteiger charge is -2.49. The van der Waals surface area contributed by atoms with Crippen LogP contribution in [0.2, 0.25) is 0 Å². The van der Waals surface area contributed by atoms with E-state index in [-0.39, 0.29) is 39.4 Å². The van der Waals surface area contributed by atoms with E-state index in [0.29, 0.717) is 11.1 Å². The summed E-state index contributed by atoms with van der Waals surface area (Å²) in [5.41, 5.74) is 1.03. The highest BCUT2D eigenvalue weighted by Crippen LogP contribution is 2.33. The Morgan fingerprint density at radius 3 is 1.71 bits per heavy atom. The Morgan fingerprint density at radius 2 is 1.17 bits per heavy atom. The topological polar surface area (TPSA) is 244 Å². The summed E-state index contributed by atoms with van der Waals surface area (Å²) in [6.07, 6.45) is -12.8. The van der Waals surface area contributed by atoms with Gasteiger partial charge in [-0.15, -0.1) is 0 Å². The van der Waals surface area contributed by atoms with Crippen LogP contribution >= 0.6 is 0 Å². The molecule has 348 valence electrons. The van der Waals surface area contributed by atoms with E-state index < -0.39 is 91.3 Å². The molecule has 1 aliphatic carbocycles. The Bertz CT molecular complexity index is 2120.